The van der Waals surface area contributed by atoms with Crippen molar-refractivity contribution in [3.63, 3.8) is 0 Å². The number of benzene rings is 1. The average molecular weight is 771 g/mol. The molecule has 4 amide bonds. The summed E-state index contributed by atoms with van der Waals surface area (Å²) < 4.78 is 12.0. The summed E-state index contributed by atoms with van der Waals surface area (Å²) in [4.78, 5) is 63.9. The van der Waals surface area contributed by atoms with Crippen molar-refractivity contribution in [1.29, 1.82) is 0 Å². The highest BCUT2D eigenvalue weighted by atomic mass is 16.5. The maximum Gasteiger partial charge on any atom is 0.245 e. The molecule has 0 aromatic heterocycles. The molecule has 0 unspecified atom stereocenters. The number of hydrogen-bond donors (Lipinski definition) is 2. The Bertz CT molecular complexity index is 1420. The molecular formula is C41H70N8O6. The largest absolute Gasteiger partial charge is 0.379 e. The van der Waals surface area contributed by atoms with E-state index in [4.69, 9.17) is 15.0 Å². The Labute approximate surface area is 330 Å². The minimum Gasteiger partial charge on any atom is -0.379 e. The first-order valence-corrected chi connectivity index (χ1v) is 19.9. The lowest BCUT2D eigenvalue weighted by Gasteiger charge is -2.41. The molecule has 1 aliphatic rings. The molecule has 1 aliphatic heterocycles. The van der Waals surface area contributed by atoms with Crippen molar-refractivity contribution >= 4 is 23.6 Å². The predicted molar refractivity (Wildman–Crippen MR) is 216 cm³/mol. The van der Waals surface area contributed by atoms with Crippen molar-refractivity contribution in [3.8, 4) is 0 Å². The summed E-state index contributed by atoms with van der Waals surface area (Å²) in [5.41, 5.74) is 11.1. The van der Waals surface area contributed by atoms with Crippen molar-refractivity contribution in [3.05, 3.63) is 45.8 Å². The standard InChI is InChI=1S/C41H70N8O6/c1-14-28(7)37(48(11)41(53)35(25(2)3)45-40(52)36(26(4)5)47(9)10)33(54-12)23-34(50)49-21-15-16-32(49)38(55-13)29(8)39(51)44-31(24-43-46-42)22-30-19-17-27(6)18-20-30/h17-20,25-26,28-29,31-33,35-38H,14-16,21-24H2,1-13H3,(H,44,51)(H,45,52)/t28-,29+,31-,32-,33+,35-,36-,37-,38+/m0/s1. The summed E-state index contributed by atoms with van der Waals surface area (Å²) in [6, 6.07) is 5.61. The zero-order chi connectivity index (χ0) is 41.6. The number of aryl methyl sites for hydroxylation is 1. The molecule has 0 bridgehead atoms. The highest BCUT2D eigenvalue weighted by molar-refractivity contribution is 5.90. The van der Waals surface area contributed by atoms with Crippen LogP contribution in [-0.4, -0.2) is 129 Å². The number of likely N-dealkylation sites (N-methyl/N-ethyl adjacent to an activating group) is 2. The number of hydrogen-bond acceptors (Lipinski definition) is 8. The van der Waals surface area contributed by atoms with Crippen LogP contribution in [-0.2, 0) is 35.1 Å². The van der Waals surface area contributed by atoms with Crippen LogP contribution in [0.25, 0.3) is 10.4 Å². The van der Waals surface area contributed by atoms with Crippen LogP contribution in [0.1, 0.15) is 85.3 Å². The highest BCUT2D eigenvalue weighted by Crippen LogP contribution is 2.30. The topological polar surface area (TPSA) is 169 Å². The van der Waals surface area contributed by atoms with E-state index in [1.165, 1.54) is 0 Å². The number of nitrogens with zero attached hydrogens (tertiary/aromatic N) is 6. The Morgan fingerprint density at radius 3 is 2.11 bits per heavy atom. The second-order valence-corrected chi connectivity index (χ2v) is 16.3. The quantitative estimate of drug-likeness (QED) is 0.0952. The van der Waals surface area contributed by atoms with Crippen molar-refractivity contribution in [1.82, 2.24) is 25.3 Å². The van der Waals surface area contributed by atoms with E-state index < -0.39 is 42.3 Å². The van der Waals surface area contributed by atoms with Gasteiger partial charge in [0.05, 0.1) is 42.7 Å². The third-order valence-corrected chi connectivity index (χ3v) is 11.3. The molecule has 14 heteroatoms. The summed E-state index contributed by atoms with van der Waals surface area (Å²) >= 11 is 0. The Morgan fingerprint density at radius 2 is 1.60 bits per heavy atom. The van der Waals surface area contributed by atoms with Crippen LogP contribution >= 0.6 is 0 Å². The molecule has 1 fully saturated rings. The second kappa shape index (κ2) is 22.7. The van der Waals surface area contributed by atoms with Crippen LogP contribution in [0.15, 0.2) is 29.4 Å². The minimum atomic E-state index is -0.764. The van der Waals surface area contributed by atoms with Gasteiger partial charge in [-0.2, -0.15) is 0 Å². The summed E-state index contributed by atoms with van der Waals surface area (Å²) in [5, 5.41) is 9.85. The van der Waals surface area contributed by atoms with Gasteiger partial charge in [0.25, 0.3) is 0 Å². The maximum absolute atomic E-state index is 14.2. The number of amides is 4. The van der Waals surface area contributed by atoms with E-state index in [1.807, 2.05) is 91.7 Å². The number of carbonyl (C=O) groups is 4. The third-order valence-electron chi connectivity index (χ3n) is 11.3. The van der Waals surface area contributed by atoms with Gasteiger partial charge in [-0.1, -0.05) is 89.8 Å². The average Bonchev–Trinajstić information content (AvgIpc) is 3.62. The van der Waals surface area contributed by atoms with Gasteiger partial charge in [-0.05, 0) is 69.1 Å². The summed E-state index contributed by atoms with van der Waals surface area (Å²) in [5.74, 6) is -1.60. The first-order chi connectivity index (χ1) is 25.9. The number of rotatable bonds is 22. The molecule has 55 heavy (non-hydrogen) atoms. The van der Waals surface area contributed by atoms with Crippen molar-refractivity contribution in [2.24, 2.45) is 28.8 Å². The molecular weight excluding hydrogens is 701 g/mol. The summed E-state index contributed by atoms with van der Waals surface area (Å²) in [6.45, 7) is 16.3. The predicted octanol–water partition coefficient (Wildman–Crippen LogP) is 4.98. The Kier molecular flexibility index (Phi) is 19.6. The van der Waals surface area contributed by atoms with E-state index >= 15 is 0 Å². The molecule has 14 nitrogen and oxygen atoms in total. The van der Waals surface area contributed by atoms with Gasteiger partial charge in [0, 0.05) is 45.3 Å². The Balaban J connectivity index is 2.28. The van der Waals surface area contributed by atoms with Crippen LogP contribution < -0.4 is 10.6 Å². The van der Waals surface area contributed by atoms with Crippen LogP contribution in [0.5, 0.6) is 0 Å². The molecule has 2 N–H and O–H groups in total. The molecule has 0 saturated carbocycles. The molecule has 0 aliphatic carbocycles. The number of nitrogens with one attached hydrogen (secondary N) is 2. The molecule has 0 spiro atoms. The zero-order valence-electron chi connectivity index (χ0n) is 35.7. The molecule has 0 radical (unpaired) electrons. The van der Waals surface area contributed by atoms with Gasteiger partial charge in [-0.15, -0.1) is 0 Å². The van der Waals surface area contributed by atoms with E-state index in [9.17, 15) is 19.2 Å². The number of azide groups is 1. The van der Waals surface area contributed by atoms with Crippen LogP contribution in [0.3, 0.4) is 0 Å². The van der Waals surface area contributed by atoms with E-state index in [-0.39, 0.29) is 60.4 Å². The number of ether oxygens (including phenoxy) is 2. The molecule has 1 heterocycles. The van der Waals surface area contributed by atoms with E-state index in [1.54, 1.807) is 38.0 Å². The van der Waals surface area contributed by atoms with Gasteiger partial charge in [0.15, 0.2) is 0 Å². The third kappa shape index (κ3) is 13.2. The number of methoxy groups -OCH3 is 2. The Morgan fingerprint density at radius 1 is 0.964 bits per heavy atom. The summed E-state index contributed by atoms with van der Waals surface area (Å²) in [6.07, 6.45) is 1.46. The van der Waals surface area contributed by atoms with Gasteiger partial charge in [-0.25, -0.2) is 0 Å². The molecule has 2 rings (SSSR count). The lowest BCUT2D eigenvalue weighted by atomic mass is 9.89. The second-order valence-electron chi connectivity index (χ2n) is 16.3. The van der Waals surface area contributed by atoms with E-state index in [0.29, 0.717) is 19.4 Å². The molecule has 1 aromatic carbocycles. The lowest BCUT2D eigenvalue weighted by molar-refractivity contribution is -0.148. The minimum absolute atomic E-state index is 0.0240. The number of likely N-dealkylation sites (tertiary alicyclic amines) is 1. The highest BCUT2D eigenvalue weighted by Gasteiger charge is 2.43. The molecule has 310 valence electrons. The summed E-state index contributed by atoms with van der Waals surface area (Å²) in [7, 11) is 8.56. The van der Waals surface area contributed by atoms with Gasteiger partial charge in [0.1, 0.15) is 6.04 Å². The SMILES string of the molecule is CC[C@H](C)[C@@H]([C@@H](CC(=O)N1CCC[C@H]1[C@H](OC)[C@@H](C)C(=O)N[C@H](CN=[N+]=[N-])Cc1ccc(C)cc1)OC)N(C)C(=O)[C@@H](NC(=O)[C@H](C(C)C)N(C)C)C(C)C. The Hall–Kier alpha value is -3.71. The molecule has 1 aromatic rings. The molecule has 1 saturated heterocycles. The van der Waals surface area contributed by atoms with Gasteiger partial charge in [-0.3, -0.25) is 24.1 Å². The van der Waals surface area contributed by atoms with Crippen LogP contribution in [0.2, 0.25) is 0 Å². The van der Waals surface area contributed by atoms with Crippen molar-refractivity contribution < 1.29 is 28.7 Å². The van der Waals surface area contributed by atoms with E-state index in [0.717, 1.165) is 24.0 Å². The van der Waals surface area contributed by atoms with Crippen LogP contribution in [0.4, 0.5) is 0 Å². The fourth-order valence-electron chi connectivity index (χ4n) is 8.05. The van der Waals surface area contributed by atoms with Crippen molar-refractivity contribution in [2.75, 3.05) is 48.5 Å². The van der Waals surface area contributed by atoms with Gasteiger partial charge >= 0.3 is 0 Å². The van der Waals surface area contributed by atoms with Gasteiger partial charge in [0.2, 0.25) is 23.6 Å². The zero-order valence-corrected chi connectivity index (χ0v) is 35.7. The first-order valence-electron chi connectivity index (χ1n) is 19.9. The van der Waals surface area contributed by atoms with Crippen LogP contribution in [0, 0.1) is 30.6 Å². The fraction of sp³-hybridized carbons (Fsp3) is 0.756. The first kappa shape index (κ1) is 47.4. The maximum atomic E-state index is 14.2. The normalized spacial score (nSPS) is 18.8. The van der Waals surface area contributed by atoms with E-state index in [2.05, 4.69) is 20.7 Å². The smallest absolute Gasteiger partial charge is 0.245 e. The fourth-order valence-corrected chi connectivity index (χ4v) is 8.05. The number of carbonyl (C=O) groups excluding carboxylic acids is 4. The van der Waals surface area contributed by atoms with Gasteiger partial charge < -0.3 is 29.9 Å². The lowest BCUT2D eigenvalue weighted by Crippen LogP contribution is -2.59. The monoisotopic (exact) mass is 771 g/mol. The molecule has 9 atom stereocenters. The van der Waals surface area contributed by atoms with Crippen molar-refractivity contribution in [2.45, 2.75) is 130 Å².